The molecule has 2 nitrogen and oxygen atoms in total. The van der Waals surface area contributed by atoms with E-state index in [2.05, 4.69) is 44.8 Å². The molecule has 0 aromatic rings. The van der Waals surface area contributed by atoms with Crippen molar-refractivity contribution in [2.75, 3.05) is 13.1 Å². The molecule has 0 aromatic carbocycles. The topological polar surface area (TPSA) is 15.3 Å². The van der Waals surface area contributed by atoms with Gasteiger partial charge >= 0.3 is 0 Å². The highest BCUT2D eigenvalue weighted by molar-refractivity contribution is 4.90. The molecule has 19 heavy (non-hydrogen) atoms. The first-order valence-electron chi connectivity index (χ1n) is 8.63. The van der Waals surface area contributed by atoms with Gasteiger partial charge in [0.25, 0.3) is 0 Å². The zero-order valence-electron chi connectivity index (χ0n) is 13.9. The number of hydrogen-bond acceptors (Lipinski definition) is 2. The van der Waals surface area contributed by atoms with Crippen LogP contribution in [0, 0.1) is 5.92 Å². The molecule has 0 aromatic heterocycles. The van der Waals surface area contributed by atoms with Gasteiger partial charge in [0.2, 0.25) is 0 Å². The Labute approximate surface area is 121 Å². The number of nitrogens with one attached hydrogen (secondary N) is 1. The second kappa shape index (κ2) is 8.97. The average Bonchev–Trinajstić information content (AvgIpc) is 2.39. The normalized spacial score (nSPS) is 24.6. The van der Waals surface area contributed by atoms with Gasteiger partial charge in [-0.2, -0.15) is 0 Å². The maximum Gasteiger partial charge on any atom is 0.0252 e. The third-order valence-corrected chi connectivity index (χ3v) is 4.61. The van der Waals surface area contributed by atoms with Crippen LogP contribution in [-0.4, -0.2) is 36.1 Å². The lowest BCUT2D eigenvalue weighted by Gasteiger charge is -2.45. The minimum absolute atomic E-state index is 0.720. The van der Waals surface area contributed by atoms with Crippen molar-refractivity contribution in [2.24, 2.45) is 5.92 Å². The van der Waals surface area contributed by atoms with Crippen LogP contribution in [0.25, 0.3) is 0 Å². The van der Waals surface area contributed by atoms with Crippen molar-refractivity contribution in [3.63, 3.8) is 0 Å². The van der Waals surface area contributed by atoms with E-state index in [1.807, 2.05) is 0 Å². The maximum atomic E-state index is 3.75. The first kappa shape index (κ1) is 17.0. The summed E-state index contributed by atoms with van der Waals surface area (Å²) in [6.07, 6.45) is 8.17. The number of nitrogens with zero attached hydrogens (tertiary/aromatic N) is 1. The Morgan fingerprint density at radius 2 is 1.68 bits per heavy atom. The molecule has 114 valence electrons. The third kappa shape index (κ3) is 5.07. The van der Waals surface area contributed by atoms with Crippen LogP contribution in [0.2, 0.25) is 0 Å². The molecule has 0 bridgehead atoms. The van der Waals surface area contributed by atoms with Crippen molar-refractivity contribution in [3.8, 4) is 0 Å². The van der Waals surface area contributed by atoms with Crippen molar-refractivity contribution < 1.29 is 0 Å². The SMILES string of the molecule is CCNC1CCCCC1N(CC(C)C)C(CC)CC. The van der Waals surface area contributed by atoms with E-state index in [9.17, 15) is 0 Å². The zero-order valence-corrected chi connectivity index (χ0v) is 13.9. The van der Waals surface area contributed by atoms with Gasteiger partial charge in [-0.3, -0.25) is 4.90 Å². The Morgan fingerprint density at radius 3 is 2.21 bits per heavy atom. The molecular formula is C17H36N2. The highest BCUT2D eigenvalue weighted by Gasteiger charge is 2.32. The average molecular weight is 268 g/mol. The van der Waals surface area contributed by atoms with Gasteiger partial charge in [0.15, 0.2) is 0 Å². The monoisotopic (exact) mass is 268 g/mol. The molecule has 0 radical (unpaired) electrons. The van der Waals surface area contributed by atoms with Gasteiger partial charge in [0.1, 0.15) is 0 Å². The molecule has 1 fully saturated rings. The van der Waals surface area contributed by atoms with Crippen LogP contribution in [0.1, 0.15) is 73.1 Å². The van der Waals surface area contributed by atoms with E-state index >= 15 is 0 Å². The smallest absolute Gasteiger partial charge is 0.0252 e. The summed E-state index contributed by atoms with van der Waals surface area (Å²) in [6, 6.07) is 2.26. The lowest BCUT2D eigenvalue weighted by molar-refractivity contribution is 0.0626. The molecule has 2 atom stereocenters. The fourth-order valence-corrected chi connectivity index (χ4v) is 3.74. The lowest BCUT2D eigenvalue weighted by atomic mass is 9.87. The van der Waals surface area contributed by atoms with Crippen molar-refractivity contribution in [1.82, 2.24) is 10.2 Å². The van der Waals surface area contributed by atoms with E-state index in [-0.39, 0.29) is 0 Å². The van der Waals surface area contributed by atoms with Gasteiger partial charge in [0.05, 0.1) is 0 Å². The van der Waals surface area contributed by atoms with Crippen LogP contribution < -0.4 is 5.32 Å². The molecule has 0 spiro atoms. The summed E-state index contributed by atoms with van der Waals surface area (Å²) in [4.78, 5) is 2.84. The molecule has 0 aliphatic heterocycles. The summed E-state index contributed by atoms with van der Waals surface area (Å²) in [7, 11) is 0. The Morgan fingerprint density at radius 1 is 1.05 bits per heavy atom. The first-order valence-corrected chi connectivity index (χ1v) is 8.63. The summed E-state index contributed by atoms with van der Waals surface area (Å²) >= 11 is 0. The maximum absolute atomic E-state index is 3.75. The number of likely N-dealkylation sites (N-methyl/N-ethyl adjacent to an activating group) is 1. The summed E-state index contributed by atoms with van der Waals surface area (Å²) in [5.41, 5.74) is 0. The van der Waals surface area contributed by atoms with Crippen molar-refractivity contribution in [1.29, 1.82) is 0 Å². The molecule has 1 rings (SSSR count). The second-order valence-corrected chi connectivity index (χ2v) is 6.58. The Kier molecular flexibility index (Phi) is 8.01. The van der Waals surface area contributed by atoms with Crippen LogP contribution in [0.15, 0.2) is 0 Å². The van der Waals surface area contributed by atoms with Crippen molar-refractivity contribution in [3.05, 3.63) is 0 Å². The predicted octanol–water partition coefficient (Wildman–Crippen LogP) is 4.05. The summed E-state index contributed by atoms with van der Waals surface area (Å²) in [5, 5.41) is 3.75. The molecule has 1 aliphatic carbocycles. The van der Waals surface area contributed by atoms with Gasteiger partial charge in [-0.05, 0) is 38.1 Å². The van der Waals surface area contributed by atoms with Crippen LogP contribution in [-0.2, 0) is 0 Å². The molecule has 0 heterocycles. The summed E-state index contributed by atoms with van der Waals surface area (Å²) in [5.74, 6) is 0.768. The Balaban J connectivity index is 2.79. The van der Waals surface area contributed by atoms with E-state index in [0.29, 0.717) is 0 Å². The minimum Gasteiger partial charge on any atom is -0.313 e. The van der Waals surface area contributed by atoms with Crippen molar-refractivity contribution in [2.45, 2.75) is 91.3 Å². The molecule has 2 unspecified atom stereocenters. The largest absolute Gasteiger partial charge is 0.313 e. The fraction of sp³-hybridized carbons (Fsp3) is 1.00. The van der Waals surface area contributed by atoms with Crippen LogP contribution in [0.5, 0.6) is 0 Å². The molecular weight excluding hydrogens is 232 g/mol. The quantitative estimate of drug-likeness (QED) is 0.714. The summed E-state index contributed by atoms with van der Waals surface area (Å²) in [6.45, 7) is 14.0. The minimum atomic E-state index is 0.720. The van der Waals surface area contributed by atoms with Gasteiger partial charge in [-0.25, -0.2) is 0 Å². The van der Waals surface area contributed by atoms with E-state index in [4.69, 9.17) is 0 Å². The van der Waals surface area contributed by atoms with Gasteiger partial charge in [-0.15, -0.1) is 0 Å². The highest BCUT2D eigenvalue weighted by Crippen LogP contribution is 2.27. The third-order valence-electron chi connectivity index (χ3n) is 4.61. The van der Waals surface area contributed by atoms with E-state index < -0.39 is 0 Å². The molecule has 0 saturated heterocycles. The van der Waals surface area contributed by atoms with Gasteiger partial charge < -0.3 is 5.32 Å². The lowest BCUT2D eigenvalue weighted by Crippen LogP contribution is -2.55. The first-order chi connectivity index (χ1) is 9.13. The van der Waals surface area contributed by atoms with Gasteiger partial charge in [-0.1, -0.05) is 47.5 Å². The molecule has 1 aliphatic rings. The summed E-state index contributed by atoms with van der Waals surface area (Å²) < 4.78 is 0. The van der Waals surface area contributed by atoms with Crippen LogP contribution in [0.4, 0.5) is 0 Å². The molecule has 0 amide bonds. The fourth-order valence-electron chi connectivity index (χ4n) is 3.74. The number of hydrogen-bond donors (Lipinski definition) is 1. The van der Waals surface area contributed by atoms with Crippen LogP contribution >= 0.6 is 0 Å². The molecule has 1 N–H and O–H groups in total. The Hall–Kier alpha value is -0.0800. The molecule has 2 heteroatoms. The van der Waals surface area contributed by atoms with Gasteiger partial charge in [0, 0.05) is 24.7 Å². The van der Waals surface area contributed by atoms with E-state index in [1.165, 1.54) is 45.1 Å². The van der Waals surface area contributed by atoms with Crippen LogP contribution in [0.3, 0.4) is 0 Å². The Bertz CT molecular complexity index is 221. The van der Waals surface area contributed by atoms with Crippen molar-refractivity contribution >= 4 is 0 Å². The predicted molar refractivity (Wildman–Crippen MR) is 85.6 cm³/mol. The standard InChI is InChI=1S/C17H36N2/c1-6-15(7-2)19(13-14(4)5)17-12-10-9-11-16(17)18-8-3/h14-18H,6-13H2,1-5H3. The molecule has 1 saturated carbocycles. The van der Waals surface area contributed by atoms with E-state index in [0.717, 1.165) is 30.6 Å². The number of rotatable bonds is 8. The highest BCUT2D eigenvalue weighted by atomic mass is 15.2. The van der Waals surface area contributed by atoms with E-state index in [1.54, 1.807) is 0 Å². The second-order valence-electron chi connectivity index (χ2n) is 6.58. The zero-order chi connectivity index (χ0) is 14.3.